The van der Waals surface area contributed by atoms with Crippen molar-refractivity contribution in [1.29, 1.82) is 0 Å². The summed E-state index contributed by atoms with van der Waals surface area (Å²) < 4.78 is 5.83. The average molecular weight is 276 g/mol. The first-order valence-electron chi connectivity index (χ1n) is 7.20. The molecule has 20 heavy (non-hydrogen) atoms. The molecule has 1 aromatic carbocycles. The normalized spacial score (nSPS) is 17.4. The number of fused-ring (bicyclic) bond motifs is 1. The summed E-state index contributed by atoms with van der Waals surface area (Å²) in [5.41, 5.74) is 1.11. The Hall–Kier alpha value is -1.55. The average Bonchev–Trinajstić information content (AvgIpc) is 2.75. The SMILES string of the molecule is CC(C)(C)NC(=O)CCNCC1Cc2ccccc2O1. The molecule has 1 atom stereocenters. The molecule has 0 bridgehead atoms. The van der Waals surface area contributed by atoms with Crippen LogP contribution in [0.1, 0.15) is 32.8 Å². The van der Waals surface area contributed by atoms with E-state index in [-0.39, 0.29) is 17.6 Å². The predicted molar refractivity (Wildman–Crippen MR) is 79.9 cm³/mol. The minimum atomic E-state index is -0.159. The summed E-state index contributed by atoms with van der Waals surface area (Å²) in [5, 5.41) is 6.24. The van der Waals surface area contributed by atoms with Gasteiger partial charge in [0.1, 0.15) is 11.9 Å². The summed E-state index contributed by atoms with van der Waals surface area (Å²) in [6.45, 7) is 7.42. The maximum absolute atomic E-state index is 11.7. The minimum absolute atomic E-state index is 0.0839. The summed E-state index contributed by atoms with van der Waals surface area (Å²) in [7, 11) is 0. The molecule has 1 aliphatic heterocycles. The maximum Gasteiger partial charge on any atom is 0.221 e. The molecule has 4 heteroatoms. The Morgan fingerprint density at radius 3 is 2.80 bits per heavy atom. The van der Waals surface area contributed by atoms with Crippen molar-refractivity contribution < 1.29 is 9.53 Å². The van der Waals surface area contributed by atoms with Crippen LogP contribution in [0.4, 0.5) is 0 Å². The number of ether oxygens (including phenoxy) is 1. The highest BCUT2D eigenvalue weighted by Crippen LogP contribution is 2.27. The van der Waals surface area contributed by atoms with Crippen LogP contribution >= 0.6 is 0 Å². The second kappa shape index (κ2) is 6.27. The van der Waals surface area contributed by atoms with Gasteiger partial charge in [0.15, 0.2) is 0 Å². The Morgan fingerprint density at radius 2 is 2.10 bits per heavy atom. The summed E-state index contributed by atoms with van der Waals surface area (Å²) in [5.74, 6) is 1.07. The molecule has 0 fully saturated rings. The first-order valence-corrected chi connectivity index (χ1v) is 7.20. The van der Waals surface area contributed by atoms with Crippen LogP contribution in [0.25, 0.3) is 0 Å². The van der Waals surface area contributed by atoms with Crippen molar-refractivity contribution in [3.8, 4) is 5.75 Å². The van der Waals surface area contributed by atoms with Crippen molar-refractivity contribution in [2.75, 3.05) is 13.1 Å². The molecule has 0 saturated heterocycles. The highest BCUT2D eigenvalue weighted by atomic mass is 16.5. The van der Waals surface area contributed by atoms with Gasteiger partial charge in [-0.1, -0.05) is 18.2 Å². The minimum Gasteiger partial charge on any atom is -0.488 e. The Labute approximate surface area is 120 Å². The smallest absolute Gasteiger partial charge is 0.221 e. The van der Waals surface area contributed by atoms with Gasteiger partial charge in [-0.2, -0.15) is 0 Å². The lowest BCUT2D eigenvalue weighted by molar-refractivity contribution is -0.122. The molecule has 1 heterocycles. The van der Waals surface area contributed by atoms with Gasteiger partial charge >= 0.3 is 0 Å². The van der Waals surface area contributed by atoms with E-state index in [1.807, 2.05) is 39.0 Å². The largest absolute Gasteiger partial charge is 0.488 e. The lowest BCUT2D eigenvalue weighted by Crippen LogP contribution is -2.42. The Balaban J connectivity index is 1.63. The van der Waals surface area contributed by atoms with Crippen molar-refractivity contribution >= 4 is 5.91 Å². The van der Waals surface area contributed by atoms with Crippen LogP contribution in [0.2, 0.25) is 0 Å². The van der Waals surface area contributed by atoms with Gasteiger partial charge in [-0.15, -0.1) is 0 Å². The monoisotopic (exact) mass is 276 g/mol. The molecule has 4 nitrogen and oxygen atoms in total. The van der Waals surface area contributed by atoms with E-state index < -0.39 is 0 Å². The molecular weight excluding hydrogens is 252 g/mol. The fraction of sp³-hybridized carbons (Fsp3) is 0.562. The van der Waals surface area contributed by atoms with Crippen LogP contribution in [0.3, 0.4) is 0 Å². The van der Waals surface area contributed by atoms with Crippen LogP contribution in [-0.4, -0.2) is 30.6 Å². The number of benzene rings is 1. The summed E-state index contributed by atoms with van der Waals surface area (Å²) in [4.78, 5) is 11.7. The first-order chi connectivity index (χ1) is 9.44. The lowest BCUT2D eigenvalue weighted by Gasteiger charge is -2.20. The van der Waals surface area contributed by atoms with Gasteiger partial charge < -0.3 is 15.4 Å². The zero-order valence-electron chi connectivity index (χ0n) is 12.5. The van der Waals surface area contributed by atoms with Gasteiger partial charge in [0.25, 0.3) is 0 Å². The summed E-state index contributed by atoms with van der Waals surface area (Å²) in [6, 6.07) is 8.14. The van der Waals surface area contributed by atoms with Crippen LogP contribution in [0.15, 0.2) is 24.3 Å². The maximum atomic E-state index is 11.7. The fourth-order valence-corrected chi connectivity index (χ4v) is 2.31. The molecule has 2 N–H and O–H groups in total. The molecule has 0 aromatic heterocycles. The number of rotatable bonds is 5. The van der Waals surface area contributed by atoms with Gasteiger partial charge in [0, 0.05) is 31.5 Å². The van der Waals surface area contributed by atoms with Crippen molar-refractivity contribution in [3.05, 3.63) is 29.8 Å². The quantitative estimate of drug-likeness (QED) is 0.807. The van der Waals surface area contributed by atoms with E-state index in [0.717, 1.165) is 18.7 Å². The molecule has 1 unspecified atom stereocenters. The van der Waals surface area contributed by atoms with E-state index in [1.165, 1.54) is 5.56 Å². The number of amides is 1. The number of carbonyl (C=O) groups is 1. The highest BCUT2D eigenvalue weighted by molar-refractivity contribution is 5.76. The molecule has 0 saturated carbocycles. The summed E-state index contributed by atoms with van der Waals surface area (Å²) in [6.07, 6.45) is 1.62. The van der Waals surface area contributed by atoms with Crippen LogP contribution in [0, 0.1) is 0 Å². The Bertz CT molecular complexity index is 441. The molecule has 110 valence electrons. The van der Waals surface area contributed by atoms with E-state index in [1.54, 1.807) is 0 Å². The Morgan fingerprint density at radius 1 is 1.35 bits per heavy atom. The van der Waals surface area contributed by atoms with Gasteiger partial charge in [0.2, 0.25) is 5.91 Å². The molecule has 2 rings (SSSR count). The van der Waals surface area contributed by atoms with Gasteiger partial charge in [-0.05, 0) is 32.4 Å². The molecule has 0 radical (unpaired) electrons. The molecule has 1 amide bonds. The molecule has 0 spiro atoms. The van der Waals surface area contributed by atoms with E-state index in [9.17, 15) is 4.79 Å². The topological polar surface area (TPSA) is 50.4 Å². The van der Waals surface area contributed by atoms with E-state index in [0.29, 0.717) is 13.0 Å². The van der Waals surface area contributed by atoms with Crippen molar-refractivity contribution in [2.24, 2.45) is 0 Å². The third-order valence-electron chi connectivity index (χ3n) is 3.13. The van der Waals surface area contributed by atoms with Crippen LogP contribution < -0.4 is 15.4 Å². The standard InChI is InChI=1S/C16H24N2O2/c1-16(2,3)18-15(19)8-9-17-11-13-10-12-6-4-5-7-14(12)20-13/h4-7,13,17H,8-11H2,1-3H3,(H,18,19). The Kier molecular flexibility index (Phi) is 4.65. The predicted octanol–water partition coefficient (Wildman–Crippen LogP) is 1.88. The molecule has 1 aliphatic rings. The second-order valence-corrected chi connectivity index (χ2v) is 6.30. The van der Waals surface area contributed by atoms with Gasteiger partial charge in [-0.25, -0.2) is 0 Å². The number of hydrogen-bond acceptors (Lipinski definition) is 3. The number of carbonyl (C=O) groups excluding carboxylic acids is 1. The lowest BCUT2D eigenvalue weighted by atomic mass is 10.1. The first kappa shape index (κ1) is 14.9. The van der Waals surface area contributed by atoms with Crippen LogP contribution in [-0.2, 0) is 11.2 Å². The fourth-order valence-electron chi connectivity index (χ4n) is 2.31. The molecular formula is C16H24N2O2. The third-order valence-corrected chi connectivity index (χ3v) is 3.13. The van der Waals surface area contributed by atoms with E-state index >= 15 is 0 Å². The van der Waals surface area contributed by atoms with E-state index in [4.69, 9.17) is 4.74 Å². The van der Waals surface area contributed by atoms with Crippen molar-refractivity contribution in [2.45, 2.75) is 45.3 Å². The zero-order valence-corrected chi connectivity index (χ0v) is 12.5. The third kappa shape index (κ3) is 4.53. The van der Waals surface area contributed by atoms with Gasteiger partial charge in [-0.3, -0.25) is 4.79 Å². The summed E-state index contributed by atoms with van der Waals surface area (Å²) >= 11 is 0. The second-order valence-electron chi connectivity index (χ2n) is 6.30. The van der Waals surface area contributed by atoms with Crippen LogP contribution in [0.5, 0.6) is 5.75 Å². The molecule has 0 aliphatic carbocycles. The van der Waals surface area contributed by atoms with Gasteiger partial charge in [0.05, 0.1) is 0 Å². The molecule has 1 aromatic rings. The highest BCUT2D eigenvalue weighted by Gasteiger charge is 2.21. The number of nitrogens with one attached hydrogen (secondary N) is 2. The number of para-hydroxylation sites is 1. The van der Waals surface area contributed by atoms with E-state index in [2.05, 4.69) is 16.7 Å². The number of hydrogen-bond donors (Lipinski definition) is 2. The zero-order chi connectivity index (χ0) is 14.6. The van der Waals surface area contributed by atoms with Crippen molar-refractivity contribution in [1.82, 2.24) is 10.6 Å². The van der Waals surface area contributed by atoms with Crippen molar-refractivity contribution in [3.63, 3.8) is 0 Å².